The van der Waals surface area contributed by atoms with Gasteiger partial charge in [-0.3, -0.25) is 9.78 Å². The molecule has 0 aliphatic heterocycles. The van der Waals surface area contributed by atoms with Crippen molar-refractivity contribution < 1.29 is 4.79 Å². The normalized spacial score (nSPS) is 13.3. The summed E-state index contributed by atoms with van der Waals surface area (Å²) < 4.78 is 2.08. The van der Waals surface area contributed by atoms with E-state index in [1.807, 2.05) is 48.7 Å². The highest BCUT2D eigenvalue weighted by Crippen LogP contribution is 2.39. The van der Waals surface area contributed by atoms with Crippen LogP contribution in [-0.4, -0.2) is 36.4 Å². The maximum absolute atomic E-state index is 13.1. The topological polar surface area (TPSA) is 85.6 Å². The number of nitrogens with one attached hydrogen (secondary N) is 1. The van der Waals surface area contributed by atoms with E-state index >= 15 is 0 Å². The third-order valence-electron chi connectivity index (χ3n) is 5.56. The second kappa shape index (κ2) is 9.77. The Morgan fingerprint density at radius 1 is 1.12 bits per heavy atom. The Balaban J connectivity index is 1.35. The second-order valence-corrected chi connectivity index (χ2v) is 9.85. The standard InChI is InChI=1S/C26H26N6OS/c1-17(2)15-34-24-10-7-19(14-28-24)18-11-12-27-23(13-18)26(33)30-22-6-4-3-5-21(22)25-31-29-16-32(25)20-8-9-20/h3-7,10-14,16-17,20H,8-9,15H2,1-2H3,(H,30,33). The zero-order chi connectivity index (χ0) is 23.5. The minimum atomic E-state index is -0.274. The van der Waals surface area contributed by atoms with Gasteiger partial charge in [0.25, 0.3) is 5.91 Å². The third-order valence-corrected chi connectivity index (χ3v) is 6.93. The van der Waals surface area contributed by atoms with Crippen molar-refractivity contribution in [3.05, 3.63) is 72.9 Å². The van der Waals surface area contributed by atoms with Gasteiger partial charge in [-0.2, -0.15) is 0 Å². The summed E-state index contributed by atoms with van der Waals surface area (Å²) in [7, 11) is 0. The highest BCUT2D eigenvalue weighted by atomic mass is 32.2. The average Bonchev–Trinajstić information content (AvgIpc) is 3.60. The number of para-hydroxylation sites is 1. The predicted molar refractivity (Wildman–Crippen MR) is 135 cm³/mol. The number of carbonyl (C=O) groups is 1. The molecule has 0 unspecified atom stereocenters. The molecule has 172 valence electrons. The molecule has 1 amide bonds. The fourth-order valence-electron chi connectivity index (χ4n) is 3.65. The number of benzene rings is 1. The fourth-order valence-corrected chi connectivity index (χ4v) is 4.45. The minimum Gasteiger partial charge on any atom is -0.320 e. The molecule has 4 aromatic rings. The molecule has 1 N–H and O–H groups in total. The summed E-state index contributed by atoms with van der Waals surface area (Å²) >= 11 is 1.75. The molecule has 0 saturated heterocycles. The zero-order valence-corrected chi connectivity index (χ0v) is 20.0. The van der Waals surface area contributed by atoms with Crippen LogP contribution >= 0.6 is 11.8 Å². The number of pyridine rings is 2. The zero-order valence-electron chi connectivity index (χ0n) is 19.2. The van der Waals surface area contributed by atoms with Gasteiger partial charge in [0.1, 0.15) is 12.0 Å². The number of nitrogens with zero attached hydrogens (tertiary/aromatic N) is 5. The van der Waals surface area contributed by atoms with Gasteiger partial charge in [-0.15, -0.1) is 22.0 Å². The van der Waals surface area contributed by atoms with Crippen LogP contribution in [-0.2, 0) is 0 Å². The lowest BCUT2D eigenvalue weighted by molar-refractivity contribution is 0.102. The molecular formula is C26H26N6OS. The quantitative estimate of drug-likeness (QED) is 0.331. The summed E-state index contributed by atoms with van der Waals surface area (Å²) in [6.45, 7) is 4.39. The van der Waals surface area contributed by atoms with Crippen LogP contribution in [0.4, 0.5) is 5.69 Å². The lowest BCUT2D eigenvalue weighted by Crippen LogP contribution is -2.14. The maximum Gasteiger partial charge on any atom is 0.274 e. The Morgan fingerprint density at radius 3 is 2.74 bits per heavy atom. The number of aromatic nitrogens is 5. The molecule has 1 aliphatic carbocycles. The van der Waals surface area contributed by atoms with Gasteiger partial charge in [0.05, 0.1) is 10.7 Å². The first kappa shape index (κ1) is 22.3. The van der Waals surface area contributed by atoms with E-state index in [1.165, 1.54) is 0 Å². The molecule has 1 aromatic carbocycles. The monoisotopic (exact) mass is 470 g/mol. The molecule has 0 spiro atoms. The molecule has 5 rings (SSSR count). The number of hydrogen-bond donors (Lipinski definition) is 1. The van der Waals surface area contributed by atoms with Gasteiger partial charge in [-0.05, 0) is 54.7 Å². The molecule has 7 nitrogen and oxygen atoms in total. The van der Waals surface area contributed by atoms with Gasteiger partial charge in [0.15, 0.2) is 5.82 Å². The largest absolute Gasteiger partial charge is 0.320 e. The molecule has 3 aromatic heterocycles. The van der Waals surface area contributed by atoms with Gasteiger partial charge >= 0.3 is 0 Å². The Labute approximate surface area is 203 Å². The molecule has 3 heterocycles. The lowest BCUT2D eigenvalue weighted by Gasteiger charge is -2.12. The SMILES string of the molecule is CC(C)CSc1ccc(-c2ccnc(C(=O)Nc3ccccc3-c3nncn3C3CC3)c2)cn1. The number of anilines is 1. The van der Waals surface area contributed by atoms with Crippen LogP contribution in [0.5, 0.6) is 0 Å². The second-order valence-electron chi connectivity index (χ2n) is 8.81. The number of carbonyl (C=O) groups excluding carboxylic acids is 1. The molecular weight excluding hydrogens is 444 g/mol. The first-order chi connectivity index (χ1) is 16.6. The third kappa shape index (κ3) is 5.02. The summed E-state index contributed by atoms with van der Waals surface area (Å²) in [5, 5.41) is 12.4. The molecule has 0 atom stereocenters. The van der Waals surface area contributed by atoms with E-state index in [4.69, 9.17) is 0 Å². The number of amides is 1. The molecule has 34 heavy (non-hydrogen) atoms. The number of rotatable bonds is 8. The van der Waals surface area contributed by atoms with Crippen molar-refractivity contribution in [2.75, 3.05) is 11.1 Å². The first-order valence-electron chi connectivity index (χ1n) is 11.4. The van der Waals surface area contributed by atoms with Crippen molar-refractivity contribution in [2.24, 2.45) is 5.92 Å². The van der Waals surface area contributed by atoms with Crippen molar-refractivity contribution in [1.82, 2.24) is 24.7 Å². The van der Waals surface area contributed by atoms with Gasteiger partial charge < -0.3 is 9.88 Å². The number of hydrogen-bond acceptors (Lipinski definition) is 6. The molecule has 1 saturated carbocycles. The maximum atomic E-state index is 13.1. The van der Waals surface area contributed by atoms with Crippen molar-refractivity contribution in [1.29, 1.82) is 0 Å². The van der Waals surface area contributed by atoms with E-state index < -0.39 is 0 Å². The minimum absolute atomic E-state index is 0.274. The highest BCUT2D eigenvalue weighted by Gasteiger charge is 2.27. The van der Waals surface area contributed by atoms with Gasteiger partial charge in [-0.1, -0.05) is 32.0 Å². The summed E-state index contributed by atoms with van der Waals surface area (Å²) in [6, 6.07) is 15.8. The Hall–Kier alpha value is -3.52. The smallest absolute Gasteiger partial charge is 0.274 e. The van der Waals surface area contributed by atoms with Gasteiger partial charge in [0.2, 0.25) is 0 Å². The Morgan fingerprint density at radius 2 is 1.97 bits per heavy atom. The number of thioether (sulfide) groups is 1. The van der Waals surface area contributed by atoms with Crippen LogP contribution in [0.25, 0.3) is 22.5 Å². The summed E-state index contributed by atoms with van der Waals surface area (Å²) in [5.74, 6) is 2.14. The van der Waals surface area contributed by atoms with Crippen molar-refractivity contribution >= 4 is 23.4 Å². The molecule has 0 radical (unpaired) electrons. The van der Waals surface area contributed by atoms with Crippen LogP contribution in [0.15, 0.2) is 72.3 Å². The summed E-state index contributed by atoms with van der Waals surface area (Å²) in [6.07, 6.45) is 7.52. The summed E-state index contributed by atoms with van der Waals surface area (Å²) in [5.41, 5.74) is 3.71. The Kier molecular flexibility index (Phi) is 6.40. The van der Waals surface area contributed by atoms with Crippen molar-refractivity contribution in [3.8, 4) is 22.5 Å². The molecule has 1 aliphatic rings. The van der Waals surface area contributed by atoms with Crippen molar-refractivity contribution in [3.63, 3.8) is 0 Å². The van der Waals surface area contributed by atoms with Crippen LogP contribution in [0.2, 0.25) is 0 Å². The van der Waals surface area contributed by atoms with Crippen LogP contribution in [0, 0.1) is 5.92 Å². The van der Waals surface area contributed by atoms with Crippen molar-refractivity contribution in [2.45, 2.75) is 37.8 Å². The molecule has 1 fully saturated rings. The van der Waals surface area contributed by atoms with Crippen LogP contribution in [0.3, 0.4) is 0 Å². The average molecular weight is 471 g/mol. The van der Waals surface area contributed by atoms with E-state index in [0.29, 0.717) is 23.3 Å². The van der Waals surface area contributed by atoms with E-state index in [-0.39, 0.29) is 5.91 Å². The molecule has 0 bridgehead atoms. The first-order valence-corrected chi connectivity index (χ1v) is 12.4. The van der Waals surface area contributed by atoms with E-state index in [2.05, 4.69) is 43.9 Å². The van der Waals surface area contributed by atoms with E-state index in [0.717, 1.165) is 46.1 Å². The lowest BCUT2D eigenvalue weighted by atomic mass is 10.1. The Bertz CT molecular complexity index is 1300. The highest BCUT2D eigenvalue weighted by molar-refractivity contribution is 7.99. The van der Waals surface area contributed by atoms with E-state index in [1.54, 1.807) is 30.4 Å². The molecule has 8 heteroatoms. The predicted octanol–water partition coefficient (Wildman–Crippen LogP) is 5.74. The van der Waals surface area contributed by atoms with Crippen LogP contribution in [0.1, 0.15) is 43.2 Å². The summed E-state index contributed by atoms with van der Waals surface area (Å²) in [4.78, 5) is 22.0. The van der Waals surface area contributed by atoms with Gasteiger partial charge in [0, 0.05) is 35.3 Å². The van der Waals surface area contributed by atoms with Crippen LogP contribution < -0.4 is 5.32 Å². The van der Waals surface area contributed by atoms with Gasteiger partial charge in [-0.25, -0.2) is 4.98 Å². The van der Waals surface area contributed by atoms with E-state index in [9.17, 15) is 4.79 Å². The fraction of sp³-hybridized carbons (Fsp3) is 0.269.